The third-order valence-electron chi connectivity index (χ3n) is 4.99. The lowest BCUT2D eigenvalue weighted by Crippen LogP contribution is -2.07. The average Bonchev–Trinajstić information content (AvgIpc) is 3.25. The maximum Gasteiger partial charge on any atom is 0.145 e. The van der Waals surface area contributed by atoms with Crippen LogP contribution < -0.4 is 0 Å². The minimum absolute atomic E-state index is 0.440. The van der Waals surface area contributed by atoms with Gasteiger partial charge in [-0.1, -0.05) is 52.0 Å². The second-order valence-electron chi connectivity index (χ2n) is 7.60. The van der Waals surface area contributed by atoms with Gasteiger partial charge in [-0.25, -0.2) is 9.97 Å². The molecule has 0 atom stereocenters. The Labute approximate surface area is 164 Å². The number of para-hydroxylation sites is 1. The molecule has 0 aliphatic heterocycles. The lowest BCUT2D eigenvalue weighted by molar-refractivity contribution is 0.807. The van der Waals surface area contributed by atoms with Gasteiger partial charge in [-0.15, -0.1) is 11.3 Å². The first-order valence-corrected chi connectivity index (χ1v) is 10.3. The molecular formula is C23H25N3S. The monoisotopic (exact) mass is 375 g/mol. The Kier molecular flexibility index (Phi) is 4.60. The lowest BCUT2D eigenvalue weighted by atomic mass is 9.92. The van der Waals surface area contributed by atoms with Crippen molar-refractivity contribution in [3.05, 3.63) is 64.9 Å². The van der Waals surface area contributed by atoms with Gasteiger partial charge in [-0.3, -0.25) is 4.57 Å². The molecule has 2 heterocycles. The quantitative estimate of drug-likeness (QED) is 0.397. The Hall–Kier alpha value is -2.46. The zero-order valence-electron chi connectivity index (χ0n) is 16.5. The van der Waals surface area contributed by atoms with E-state index in [2.05, 4.69) is 86.8 Å². The first-order chi connectivity index (χ1) is 13.0. The highest BCUT2D eigenvalue weighted by atomic mass is 32.1. The van der Waals surface area contributed by atoms with Gasteiger partial charge in [-0.05, 0) is 42.0 Å². The Morgan fingerprint density at radius 3 is 2.26 bits per heavy atom. The molecule has 0 aliphatic carbocycles. The van der Waals surface area contributed by atoms with Crippen LogP contribution in [-0.2, 0) is 0 Å². The van der Waals surface area contributed by atoms with E-state index in [1.54, 1.807) is 11.3 Å². The van der Waals surface area contributed by atoms with Gasteiger partial charge in [0.2, 0.25) is 0 Å². The van der Waals surface area contributed by atoms with Crippen molar-refractivity contribution in [3.63, 3.8) is 0 Å². The van der Waals surface area contributed by atoms with Gasteiger partial charge >= 0.3 is 0 Å². The Bertz CT molecular complexity index is 1080. The van der Waals surface area contributed by atoms with Crippen LogP contribution in [0.5, 0.6) is 0 Å². The molecule has 0 N–H and O–H groups in total. The van der Waals surface area contributed by atoms with Crippen LogP contribution in [0.2, 0.25) is 0 Å². The maximum atomic E-state index is 4.76. The van der Waals surface area contributed by atoms with E-state index in [1.165, 1.54) is 21.5 Å². The SMILES string of the molecule is Cc1nc2cccc(-c3nccn3-c3c(C(C)C)cccc3C(C)C)c2s1. The molecule has 138 valence electrons. The summed E-state index contributed by atoms with van der Waals surface area (Å²) in [5, 5.41) is 1.08. The van der Waals surface area contributed by atoms with Crippen molar-refractivity contribution in [2.75, 3.05) is 0 Å². The van der Waals surface area contributed by atoms with Crippen molar-refractivity contribution >= 4 is 21.6 Å². The smallest absolute Gasteiger partial charge is 0.145 e. The number of nitrogens with zero attached hydrogens (tertiary/aromatic N) is 3. The highest BCUT2D eigenvalue weighted by Crippen LogP contribution is 2.37. The molecule has 4 rings (SSSR count). The molecule has 3 nitrogen and oxygen atoms in total. The summed E-state index contributed by atoms with van der Waals surface area (Å²) in [5.74, 6) is 1.87. The van der Waals surface area contributed by atoms with Crippen LogP contribution in [0.3, 0.4) is 0 Å². The summed E-state index contributed by atoms with van der Waals surface area (Å²) in [6.45, 7) is 11.1. The first kappa shape index (κ1) is 17.9. The number of imidazole rings is 1. The van der Waals surface area contributed by atoms with Gasteiger partial charge in [0, 0.05) is 18.0 Å². The minimum Gasteiger partial charge on any atom is -0.299 e. The zero-order chi connectivity index (χ0) is 19.1. The fourth-order valence-electron chi connectivity index (χ4n) is 3.71. The Morgan fingerprint density at radius 2 is 1.59 bits per heavy atom. The van der Waals surface area contributed by atoms with Gasteiger partial charge in [0.25, 0.3) is 0 Å². The van der Waals surface area contributed by atoms with E-state index in [9.17, 15) is 0 Å². The van der Waals surface area contributed by atoms with E-state index in [0.717, 1.165) is 21.9 Å². The normalized spacial score (nSPS) is 11.8. The zero-order valence-corrected chi connectivity index (χ0v) is 17.3. The molecule has 0 bridgehead atoms. The van der Waals surface area contributed by atoms with Crippen LogP contribution in [0.1, 0.15) is 55.7 Å². The molecule has 0 saturated heterocycles. The van der Waals surface area contributed by atoms with Crippen molar-refractivity contribution in [1.29, 1.82) is 0 Å². The fraction of sp³-hybridized carbons (Fsp3) is 0.304. The maximum absolute atomic E-state index is 4.76. The molecule has 27 heavy (non-hydrogen) atoms. The number of benzene rings is 2. The molecule has 0 radical (unpaired) electrons. The average molecular weight is 376 g/mol. The van der Waals surface area contributed by atoms with Crippen LogP contribution >= 0.6 is 11.3 Å². The largest absolute Gasteiger partial charge is 0.299 e. The summed E-state index contributed by atoms with van der Waals surface area (Å²) in [6.07, 6.45) is 4.00. The van der Waals surface area contributed by atoms with Gasteiger partial charge in [0.15, 0.2) is 0 Å². The van der Waals surface area contributed by atoms with Gasteiger partial charge in [-0.2, -0.15) is 0 Å². The summed E-state index contributed by atoms with van der Waals surface area (Å²) in [7, 11) is 0. The van der Waals surface area contributed by atoms with E-state index in [4.69, 9.17) is 4.98 Å². The third kappa shape index (κ3) is 3.08. The number of fused-ring (bicyclic) bond motifs is 1. The number of thiazole rings is 1. The van der Waals surface area contributed by atoms with Gasteiger partial charge < -0.3 is 0 Å². The molecule has 2 aromatic carbocycles. The van der Waals surface area contributed by atoms with Crippen molar-refractivity contribution in [3.8, 4) is 17.1 Å². The highest BCUT2D eigenvalue weighted by Gasteiger charge is 2.20. The number of hydrogen-bond acceptors (Lipinski definition) is 3. The van der Waals surface area contributed by atoms with Crippen LogP contribution in [-0.4, -0.2) is 14.5 Å². The Morgan fingerprint density at radius 1 is 0.926 bits per heavy atom. The number of rotatable bonds is 4. The minimum atomic E-state index is 0.440. The van der Waals surface area contributed by atoms with Crippen LogP contribution in [0.4, 0.5) is 0 Å². The molecule has 0 fully saturated rings. The van der Waals surface area contributed by atoms with Gasteiger partial charge in [0.05, 0.1) is 20.9 Å². The molecule has 2 aromatic heterocycles. The van der Waals surface area contributed by atoms with Crippen molar-refractivity contribution in [1.82, 2.24) is 14.5 Å². The van der Waals surface area contributed by atoms with Crippen molar-refractivity contribution in [2.45, 2.75) is 46.5 Å². The molecule has 0 aliphatic rings. The van der Waals surface area contributed by atoms with Crippen LogP contribution in [0.15, 0.2) is 48.8 Å². The molecule has 4 aromatic rings. The topological polar surface area (TPSA) is 30.7 Å². The number of aromatic nitrogens is 3. The Balaban J connectivity index is 2.01. The number of hydrogen-bond donors (Lipinski definition) is 0. The first-order valence-electron chi connectivity index (χ1n) is 9.50. The predicted octanol–water partition coefficient (Wildman–Crippen LogP) is 6.70. The third-order valence-corrected chi connectivity index (χ3v) is 6.01. The molecular weight excluding hydrogens is 350 g/mol. The molecule has 0 saturated carbocycles. The standard InChI is InChI=1S/C23H25N3S/c1-14(2)17-8-6-9-18(15(3)4)21(17)26-13-12-24-23(26)19-10-7-11-20-22(19)27-16(5)25-20/h6-15H,1-5H3. The molecule has 0 amide bonds. The summed E-state index contributed by atoms with van der Waals surface area (Å²) in [5.41, 5.74) is 6.18. The van der Waals surface area contributed by atoms with E-state index in [0.29, 0.717) is 11.8 Å². The van der Waals surface area contributed by atoms with Crippen LogP contribution in [0.25, 0.3) is 27.3 Å². The second-order valence-corrected chi connectivity index (χ2v) is 8.81. The van der Waals surface area contributed by atoms with Gasteiger partial charge in [0.1, 0.15) is 5.82 Å². The van der Waals surface area contributed by atoms with Crippen molar-refractivity contribution < 1.29 is 0 Å². The predicted molar refractivity (Wildman–Crippen MR) is 115 cm³/mol. The molecule has 0 spiro atoms. The van der Waals surface area contributed by atoms with E-state index in [-0.39, 0.29) is 0 Å². The summed E-state index contributed by atoms with van der Waals surface area (Å²) in [6, 6.07) is 13.0. The lowest BCUT2D eigenvalue weighted by Gasteiger charge is -2.21. The summed E-state index contributed by atoms with van der Waals surface area (Å²) >= 11 is 1.74. The number of aryl methyl sites for hydroxylation is 1. The second kappa shape index (κ2) is 6.93. The van der Waals surface area contributed by atoms with E-state index >= 15 is 0 Å². The fourth-order valence-corrected chi connectivity index (χ4v) is 4.64. The molecule has 0 unspecified atom stereocenters. The highest BCUT2D eigenvalue weighted by molar-refractivity contribution is 7.19. The molecule has 4 heteroatoms. The van der Waals surface area contributed by atoms with E-state index in [1.807, 2.05) is 6.20 Å². The van der Waals surface area contributed by atoms with Crippen LogP contribution in [0, 0.1) is 6.92 Å². The van der Waals surface area contributed by atoms with E-state index < -0.39 is 0 Å². The summed E-state index contributed by atoms with van der Waals surface area (Å²) in [4.78, 5) is 9.42. The van der Waals surface area contributed by atoms with Crippen molar-refractivity contribution in [2.24, 2.45) is 0 Å². The summed E-state index contributed by atoms with van der Waals surface area (Å²) < 4.78 is 3.48.